The second kappa shape index (κ2) is 6.38. The summed E-state index contributed by atoms with van der Waals surface area (Å²) in [5.74, 6) is -0.0463. The lowest BCUT2D eigenvalue weighted by atomic mass is 10.3. The van der Waals surface area contributed by atoms with Crippen molar-refractivity contribution in [2.24, 2.45) is 7.05 Å². The van der Waals surface area contributed by atoms with Crippen molar-refractivity contribution in [3.63, 3.8) is 0 Å². The van der Waals surface area contributed by atoms with E-state index < -0.39 is 0 Å². The molecule has 1 heterocycles. The predicted molar refractivity (Wildman–Crippen MR) is 84.1 cm³/mol. The number of hydrogen-bond donors (Lipinski definition) is 1. The third-order valence-corrected chi connectivity index (χ3v) is 4.23. The molecule has 5 nitrogen and oxygen atoms in total. The van der Waals surface area contributed by atoms with Gasteiger partial charge in [-0.1, -0.05) is 17.8 Å². The van der Waals surface area contributed by atoms with Gasteiger partial charge in [-0.05, 0) is 47.7 Å². The summed E-state index contributed by atoms with van der Waals surface area (Å²) in [4.78, 5) is 12.1. The molecule has 1 aromatic carbocycles. The van der Waals surface area contributed by atoms with Crippen LogP contribution in [0.1, 0.15) is 6.92 Å². The summed E-state index contributed by atoms with van der Waals surface area (Å²) in [7, 11) is 1.85. The fourth-order valence-electron chi connectivity index (χ4n) is 1.40. The van der Waals surface area contributed by atoms with E-state index in [2.05, 4.69) is 38.1 Å². The average molecular weight is 388 g/mol. The molecule has 1 N–H and O–H groups in total. The molecule has 19 heavy (non-hydrogen) atoms. The Hall–Kier alpha value is -1.09. The molecule has 0 aliphatic carbocycles. The third kappa shape index (κ3) is 3.93. The van der Waals surface area contributed by atoms with Gasteiger partial charge in [0.1, 0.15) is 6.33 Å². The maximum absolute atomic E-state index is 12.1. The summed E-state index contributed by atoms with van der Waals surface area (Å²) in [5, 5.41) is 11.1. The number of hydrogen-bond acceptors (Lipinski definition) is 4. The summed E-state index contributed by atoms with van der Waals surface area (Å²) in [5.41, 5.74) is 0.808. The highest BCUT2D eigenvalue weighted by molar-refractivity contribution is 14.1. The number of nitrogens with one attached hydrogen (secondary N) is 1. The normalized spacial score (nSPS) is 12.2. The van der Waals surface area contributed by atoms with Crippen molar-refractivity contribution < 1.29 is 4.79 Å². The summed E-state index contributed by atoms with van der Waals surface area (Å²) in [6.07, 6.45) is 1.62. The molecule has 0 aliphatic heterocycles. The number of amides is 1. The molecule has 1 amide bonds. The third-order valence-electron chi connectivity index (χ3n) is 2.41. The van der Waals surface area contributed by atoms with E-state index in [-0.39, 0.29) is 11.2 Å². The minimum absolute atomic E-state index is 0.0463. The van der Waals surface area contributed by atoms with Crippen molar-refractivity contribution in [3.8, 4) is 0 Å². The Balaban J connectivity index is 1.98. The summed E-state index contributed by atoms with van der Waals surface area (Å²) in [6.45, 7) is 1.85. The molecular weight excluding hydrogens is 375 g/mol. The highest BCUT2D eigenvalue weighted by Gasteiger charge is 2.17. The van der Waals surface area contributed by atoms with Gasteiger partial charge in [0.2, 0.25) is 5.91 Å². The fourth-order valence-corrected chi connectivity index (χ4v) is 2.73. The average Bonchev–Trinajstić information content (AvgIpc) is 2.75. The highest BCUT2D eigenvalue weighted by atomic mass is 127. The molecule has 0 saturated carbocycles. The molecule has 0 bridgehead atoms. The molecule has 1 atom stereocenters. The van der Waals surface area contributed by atoms with Gasteiger partial charge in [0.25, 0.3) is 0 Å². The molecule has 0 saturated heterocycles. The molecule has 100 valence electrons. The lowest BCUT2D eigenvalue weighted by Gasteiger charge is -2.11. The first-order valence-corrected chi connectivity index (χ1v) is 7.59. The van der Waals surface area contributed by atoms with Gasteiger partial charge >= 0.3 is 0 Å². The second-order valence-corrected chi connectivity index (χ2v) is 6.54. The SMILES string of the molecule is CC(Sc1nncn1C)C(=O)Nc1cccc(I)c1. The largest absolute Gasteiger partial charge is 0.325 e. The van der Waals surface area contributed by atoms with Crippen LogP contribution in [0.3, 0.4) is 0 Å². The van der Waals surface area contributed by atoms with Crippen LogP contribution in [-0.2, 0) is 11.8 Å². The lowest BCUT2D eigenvalue weighted by molar-refractivity contribution is -0.115. The van der Waals surface area contributed by atoms with E-state index in [1.807, 2.05) is 38.2 Å². The van der Waals surface area contributed by atoms with Gasteiger partial charge < -0.3 is 9.88 Å². The topological polar surface area (TPSA) is 59.8 Å². The smallest absolute Gasteiger partial charge is 0.237 e. The van der Waals surface area contributed by atoms with E-state index in [0.29, 0.717) is 0 Å². The molecular formula is C12H13IN4OS. The predicted octanol–water partition coefficient (Wildman–Crippen LogP) is 2.54. The highest BCUT2D eigenvalue weighted by Crippen LogP contribution is 2.21. The summed E-state index contributed by atoms with van der Waals surface area (Å²) < 4.78 is 2.88. The van der Waals surface area contributed by atoms with Gasteiger partial charge in [-0.2, -0.15) is 0 Å². The van der Waals surface area contributed by atoms with E-state index in [0.717, 1.165) is 14.4 Å². The maximum atomic E-state index is 12.1. The van der Waals surface area contributed by atoms with Crippen molar-refractivity contribution in [3.05, 3.63) is 34.2 Å². The number of thioether (sulfide) groups is 1. The minimum Gasteiger partial charge on any atom is -0.325 e. The molecule has 1 unspecified atom stereocenters. The van der Waals surface area contributed by atoms with Gasteiger partial charge in [0, 0.05) is 16.3 Å². The van der Waals surface area contributed by atoms with Crippen LogP contribution in [0.5, 0.6) is 0 Å². The Morgan fingerprint density at radius 1 is 1.53 bits per heavy atom. The van der Waals surface area contributed by atoms with Crippen LogP contribution in [0.25, 0.3) is 0 Å². The molecule has 0 spiro atoms. The van der Waals surface area contributed by atoms with Crippen LogP contribution in [0.2, 0.25) is 0 Å². The zero-order valence-electron chi connectivity index (χ0n) is 10.5. The molecule has 7 heteroatoms. The Morgan fingerprint density at radius 3 is 2.95 bits per heavy atom. The number of anilines is 1. The van der Waals surface area contributed by atoms with E-state index >= 15 is 0 Å². The van der Waals surface area contributed by atoms with Crippen LogP contribution in [-0.4, -0.2) is 25.9 Å². The second-order valence-electron chi connectivity index (χ2n) is 3.98. The Bertz CT molecular complexity index is 587. The van der Waals surface area contributed by atoms with E-state index in [1.54, 1.807) is 10.9 Å². The number of aromatic nitrogens is 3. The minimum atomic E-state index is -0.235. The molecule has 2 rings (SSSR count). The van der Waals surface area contributed by atoms with E-state index in [4.69, 9.17) is 0 Å². The standard InChI is InChI=1S/C12H13IN4OS/c1-8(19-12-16-14-7-17(12)2)11(18)15-10-5-3-4-9(13)6-10/h3-8H,1-2H3,(H,15,18). The summed E-state index contributed by atoms with van der Waals surface area (Å²) in [6, 6.07) is 7.70. The first-order valence-electron chi connectivity index (χ1n) is 5.63. The van der Waals surface area contributed by atoms with Gasteiger partial charge in [-0.15, -0.1) is 10.2 Å². The molecule has 2 aromatic rings. The van der Waals surface area contributed by atoms with Gasteiger partial charge in [-0.25, -0.2) is 0 Å². The van der Waals surface area contributed by atoms with Gasteiger partial charge in [0.15, 0.2) is 5.16 Å². The number of carbonyl (C=O) groups excluding carboxylic acids is 1. The van der Waals surface area contributed by atoms with Crippen molar-refractivity contribution >= 4 is 45.9 Å². The number of benzene rings is 1. The zero-order valence-corrected chi connectivity index (χ0v) is 13.5. The van der Waals surface area contributed by atoms with Crippen molar-refractivity contribution in [2.75, 3.05) is 5.32 Å². The first-order chi connectivity index (χ1) is 9.06. The van der Waals surface area contributed by atoms with Gasteiger partial charge in [-0.3, -0.25) is 4.79 Å². The summed E-state index contributed by atoms with van der Waals surface area (Å²) >= 11 is 3.60. The fraction of sp³-hybridized carbons (Fsp3) is 0.250. The number of rotatable bonds is 4. The van der Waals surface area contributed by atoms with Crippen LogP contribution < -0.4 is 5.32 Å². The van der Waals surface area contributed by atoms with E-state index in [1.165, 1.54) is 11.8 Å². The molecule has 0 aliphatic rings. The van der Waals surface area contributed by atoms with Gasteiger partial charge in [0.05, 0.1) is 5.25 Å². The maximum Gasteiger partial charge on any atom is 0.237 e. The Labute approximate surface area is 129 Å². The number of carbonyl (C=O) groups is 1. The van der Waals surface area contributed by atoms with Crippen molar-refractivity contribution in [1.29, 1.82) is 0 Å². The zero-order chi connectivity index (χ0) is 13.8. The van der Waals surface area contributed by atoms with E-state index in [9.17, 15) is 4.79 Å². The monoisotopic (exact) mass is 388 g/mol. The van der Waals surface area contributed by atoms with Crippen LogP contribution >= 0.6 is 34.4 Å². The van der Waals surface area contributed by atoms with Crippen LogP contribution in [0.15, 0.2) is 35.7 Å². The van der Waals surface area contributed by atoms with Crippen LogP contribution in [0.4, 0.5) is 5.69 Å². The van der Waals surface area contributed by atoms with Crippen molar-refractivity contribution in [2.45, 2.75) is 17.3 Å². The molecule has 0 fully saturated rings. The number of aryl methyl sites for hydroxylation is 1. The molecule has 0 radical (unpaired) electrons. The Kier molecular flexibility index (Phi) is 4.81. The quantitative estimate of drug-likeness (QED) is 0.646. The number of halogens is 1. The van der Waals surface area contributed by atoms with Crippen molar-refractivity contribution in [1.82, 2.24) is 14.8 Å². The van der Waals surface area contributed by atoms with Crippen LogP contribution in [0, 0.1) is 3.57 Å². The molecule has 1 aromatic heterocycles. The number of nitrogens with zero attached hydrogens (tertiary/aromatic N) is 3. The lowest BCUT2D eigenvalue weighted by Crippen LogP contribution is -2.22. The first kappa shape index (κ1) is 14.3. The Morgan fingerprint density at radius 2 is 2.32 bits per heavy atom.